The third kappa shape index (κ3) is 6.23. The number of hydrogen-bond donors (Lipinski definition) is 2. The van der Waals surface area contributed by atoms with Crippen LogP contribution in [0.15, 0.2) is 42.5 Å². The van der Waals surface area contributed by atoms with Crippen molar-refractivity contribution >= 4 is 0 Å². The molecule has 0 atom stereocenters. The molecule has 0 unspecified atom stereocenters. The average Bonchev–Trinajstić information content (AvgIpc) is 2.74. The van der Waals surface area contributed by atoms with Crippen LogP contribution in [0.2, 0.25) is 0 Å². The molecule has 5 nitrogen and oxygen atoms in total. The molecule has 0 saturated carbocycles. The first-order valence-electron chi connectivity index (χ1n) is 10.3. The Morgan fingerprint density at radius 1 is 1.07 bits per heavy atom. The molecule has 0 aliphatic carbocycles. The SMILES string of the molecule is COc1cc(C[NH2+]CCC[NH+]2CCOCC2)ccc1OCc1ccccc1C. The average molecular weight is 387 g/mol. The lowest BCUT2D eigenvalue weighted by molar-refractivity contribution is -0.909. The van der Waals surface area contributed by atoms with Crippen LogP contribution < -0.4 is 19.7 Å². The van der Waals surface area contributed by atoms with E-state index in [1.54, 1.807) is 12.0 Å². The van der Waals surface area contributed by atoms with Crippen LogP contribution in [0, 0.1) is 6.92 Å². The largest absolute Gasteiger partial charge is 0.493 e. The maximum absolute atomic E-state index is 6.01. The summed E-state index contributed by atoms with van der Waals surface area (Å²) in [6.07, 6.45) is 1.24. The van der Waals surface area contributed by atoms with E-state index in [-0.39, 0.29) is 0 Å². The van der Waals surface area contributed by atoms with E-state index < -0.39 is 0 Å². The van der Waals surface area contributed by atoms with Gasteiger partial charge < -0.3 is 24.4 Å². The van der Waals surface area contributed by atoms with Crippen LogP contribution in [-0.4, -0.2) is 46.5 Å². The molecular weight excluding hydrogens is 352 g/mol. The van der Waals surface area contributed by atoms with Crippen molar-refractivity contribution in [3.05, 3.63) is 59.2 Å². The van der Waals surface area contributed by atoms with Crippen LogP contribution in [0.25, 0.3) is 0 Å². The zero-order valence-corrected chi connectivity index (χ0v) is 17.2. The summed E-state index contributed by atoms with van der Waals surface area (Å²) < 4.78 is 17.0. The number of quaternary nitrogens is 2. The molecule has 5 heteroatoms. The fourth-order valence-electron chi connectivity index (χ4n) is 3.56. The van der Waals surface area contributed by atoms with Crippen molar-refractivity contribution in [3.8, 4) is 11.5 Å². The molecule has 3 rings (SSSR count). The van der Waals surface area contributed by atoms with E-state index in [0.717, 1.165) is 50.9 Å². The van der Waals surface area contributed by atoms with E-state index >= 15 is 0 Å². The number of nitrogens with one attached hydrogen (secondary N) is 1. The molecule has 2 aromatic rings. The Kier molecular flexibility index (Phi) is 8.15. The number of ether oxygens (including phenoxy) is 3. The van der Waals surface area contributed by atoms with E-state index in [0.29, 0.717) is 6.61 Å². The molecule has 1 saturated heterocycles. The smallest absolute Gasteiger partial charge is 0.161 e. The monoisotopic (exact) mass is 386 g/mol. The first-order chi connectivity index (χ1) is 13.8. The van der Waals surface area contributed by atoms with E-state index in [4.69, 9.17) is 14.2 Å². The molecule has 2 aromatic carbocycles. The van der Waals surface area contributed by atoms with Crippen molar-refractivity contribution in [2.75, 3.05) is 46.5 Å². The van der Waals surface area contributed by atoms with Gasteiger partial charge in [-0.25, -0.2) is 0 Å². The second kappa shape index (κ2) is 11.1. The third-order valence-electron chi connectivity index (χ3n) is 5.39. The van der Waals surface area contributed by atoms with Gasteiger partial charge in [-0.05, 0) is 36.2 Å². The van der Waals surface area contributed by atoms with Gasteiger partial charge in [-0.15, -0.1) is 0 Å². The molecule has 0 amide bonds. The Hall–Kier alpha value is -2.08. The van der Waals surface area contributed by atoms with Crippen LogP contribution >= 0.6 is 0 Å². The number of aryl methyl sites for hydroxylation is 1. The van der Waals surface area contributed by atoms with Crippen molar-refractivity contribution < 1.29 is 24.4 Å². The van der Waals surface area contributed by atoms with Gasteiger partial charge in [0.2, 0.25) is 0 Å². The van der Waals surface area contributed by atoms with E-state index in [9.17, 15) is 0 Å². The molecular formula is C23H34N2O3+2. The number of morpholine rings is 1. The summed E-state index contributed by atoms with van der Waals surface area (Å²) in [4.78, 5) is 1.68. The molecule has 0 radical (unpaired) electrons. The highest BCUT2D eigenvalue weighted by atomic mass is 16.5. The van der Waals surface area contributed by atoms with Crippen molar-refractivity contribution in [1.82, 2.24) is 0 Å². The Labute approximate surface area is 168 Å². The molecule has 1 fully saturated rings. The summed E-state index contributed by atoms with van der Waals surface area (Å²) in [5, 5.41) is 2.38. The van der Waals surface area contributed by atoms with Crippen LogP contribution in [0.3, 0.4) is 0 Å². The molecule has 1 aliphatic rings. The number of methoxy groups -OCH3 is 1. The number of hydrogen-bond acceptors (Lipinski definition) is 3. The van der Waals surface area contributed by atoms with Gasteiger partial charge in [-0.1, -0.05) is 24.3 Å². The van der Waals surface area contributed by atoms with Gasteiger partial charge in [0.15, 0.2) is 11.5 Å². The minimum atomic E-state index is 0.554. The topological polar surface area (TPSA) is 48.7 Å². The molecule has 28 heavy (non-hydrogen) atoms. The zero-order valence-electron chi connectivity index (χ0n) is 17.2. The standard InChI is InChI=1S/C23H32N2O3/c1-19-6-3-4-7-21(19)18-28-22-9-8-20(16-23(22)26-2)17-24-10-5-11-25-12-14-27-15-13-25/h3-4,6-9,16,24H,5,10-15,17-18H2,1-2H3/p+2. The predicted molar refractivity (Wildman–Crippen MR) is 110 cm³/mol. The number of benzene rings is 2. The lowest BCUT2D eigenvalue weighted by Gasteiger charge is -2.23. The third-order valence-corrected chi connectivity index (χ3v) is 5.39. The Bertz CT molecular complexity index is 730. The summed E-state index contributed by atoms with van der Waals surface area (Å²) in [7, 11) is 1.70. The highest BCUT2D eigenvalue weighted by molar-refractivity contribution is 5.43. The van der Waals surface area contributed by atoms with Crippen LogP contribution in [0.4, 0.5) is 0 Å². The summed E-state index contributed by atoms with van der Waals surface area (Å²) in [5.74, 6) is 1.60. The summed E-state index contributed by atoms with van der Waals surface area (Å²) in [6.45, 7) is 10.2. The first kappa shape index (κ1) is 20.6. The van der Waals surface area contributed by atoms with Crippen molar-refractivity contribution in [2.45, 2.75) is 26.5 Å². The summed E-state index contributed by atoms with van der Waals surface area (Å²) in [5.41, 5.74) is 3.70. The highest BCUT2D eigenvalue weighted by Crippen LogP contribution is 2.28. The van der Waals surface area contributed by atoms with E-state index in [1.165, 1.54) is 29.7 Å². The fraction of sp³-hybridized carbons (Fsp3) is 0.478. The Balaban J connectivity index is 1.44. The predicted octanol–water partition coefficient (Wildman–Crippen LogP) is 0.951. The molecule has 0 aromatic heterocycles. The summed E-state index contributed by atoms with van der Waals surface area (Å²) >= 11 is 0. The normalized spacial score (nSPS) is 14.8. The van der Waals surface area contributed by atoms with Crippen LogP contribution in [0.1, 0.15) is 23.1 Å². The molecule has 1 heterocycles. The Morgan fingerprint density at radius 3 is 2.68 bits per heavy atom. The second-order valence-electron chi connectivity index (χ2n) is 7.45. The fourth-order valence-corrected chi connectivity index (χ4v) is 3.56. The maximum Gasteiger partial charge on any atom is 0.161 e. The lowest BCUT2D eigenvalue weighted by Crippen LogP contribution is -3.14. The minimum Gasteiger partial charge on any atom is -0.493 e. The highest BCUT2D eigenvalue weighted by Gasteiger charge is 2.13. The van der Waals surface area contributed by atoms with Crippen LogP contribution in [0.5, 0.6) is 11.5 Å². The van der Waals surface area contributed by atoms with Crippen molar-refractivity contribution in [3.63, 3.8) is 0 Å². The molecule has 3 N–H and O–H groups in total. The van der Waals surface area contributed by atoms with Gasteiger partial charge >= 0.3 is 0 Å². The van der Waals surface area contributed by atoms with Crippen molar-refractivity contribution in [2.24, 2.45) is 0 Å². The lowest BCUT2D eigenvalue weighted by atomic mass is 10.1. The van der Waals surface area contributed by atoms with E-state index in [2.05, 4.69) is 36.5 Å². The number of rotatable bonds is 10. The van der Waals surface area contributed by atoms with Gasteiger partial charge in [0, 0.05) is 12.0 Å². The maximum atomic E-state index is 6.01. The molecule has 1 aliphatic heterocycles. The second-order valence-corrected chi connectivity index (χ2v) is 7.45. The molecule has 0 spiro atoms. The first-order valence-corrected chi connectivity index (χ1v) is 10.3. The van der Waals surface area contributed by atoms with Crippen LogP contribution in [-0.2, 0) is 17.9 Å². The quantitative estimate of drug-likeness (QED) is 0.598. The van der Waals surface area contributed by atoms with Crippen molar-refractivity contribution in [1.29, 1.82) is 0 Å². The molecule has 0 bridgehead atoms. The van der Waals surface area contributed by atoms with Gasteiger partial charge in [-0.2, -0.15) is 0 Å². The van der Waals surface area contributed by atoms with Gasteiger partial charge in [-0.3, -0.25) is 0 Å². The van der Waals surface area contributed by atoms with Gasteiger partial charge in [0.05, 0.1) is 33.4 Å². The van der Waals surface area contributed by atoms with E-state index in [1.807, 2.05) is 18.2 Å². The zero-order chi connectivity index (χ0) is 19.6. The minimum absolute atomic E-state index is 0.554. The molecule has 152 valence electrons. The summed E-state index contributed by atoms with van der Waals surface area (Å²) in [6, 6.07) is 14.6. The Morgan fingerprint density at radius 2 is 1.89 bits per heavy atom. The number of nitrogens with two attached hydrogens (primary N) is 1. The van der Waals surface area contributed by atoms with Gasteiger partial charge in [0.1, 0.15) is 26.2 Å². The van der Waals surface area contributed by atoms with Gasteiger partial charge in [0.25, 0.3) is 0 Å².